The van der Waals surface area contributed by atoms with Crippen molar-refractivity contribution < 1.29 is 14.7 Å². The van der Waals surface area contributed by atoms with Gasteiger partial charge < -0.3 is 28.0 Å². The van der Waals surface area contributed by atoms with E-state index in [0.717, 1.165) is 34.5 Å². The van der Waals surface area contributed by atoms with E-state index >= 15 is 0 Å². The largest absolute Gasteiger partial charge is 0.507 e. The molecule has 6 rings (SSSR count). The first-order valence-electron chi connectivity index (χ1n) is 12.5. The second-order valence-electron chi connectivity index (χ2n) is 9.17. The predicted molar refractivity (Wildman–Crippen MR) is 163 cm³/mol. The molecule has 40 heavy (non-hydrogen) atoms. The summed E-state index contributed by atoms with van der Waals surface area (Å²) >= 11 is 0. The van der Waals surface area contributed by atoms with Crippen molar-refractivity contribution in [3.05, 3.63) is 131 Å². The fourth-order valence-electron chi connectivity index (χ4n) is 4.31. The Balaban J connectivity index is 0.000000139. The van der Waals surface area contributed by atoms with Gasteiger partial charge >= 0.3 is 0 Å². The third kappa shape index (κ3) is 6.65. The number of amides is 2. The average molecular weight is 531 g/mol. The van der Waals surface area contributed by atoms with Crippen molar-refractivity contribution in [3.8, 4) is 16.9 Å². The van der Waals surface area contributed by atoms with E-state index in [-0.39, 0.29) is 0 Å². The van der Waals surface area contributed by atoms with Gasteiger partial charge in [0.05, 0.1) is 0 Å². The van der Waals surface area contributed by atoms with Gasteiger partial charge in [-0.1, -0.05) is 60.7 Å². The monoisotopic (exact) mass is 530 g/mol. The molecule has 0 saturated heterocycles. The minimum atomic E-state index is -0.522. The molecule has 200 valence electrons. The number of rotatable bonds is 3. The smallest absolute Gasteiger partial charge is 0.248 e. The number of nitrogen functional groups attached to an aromatic ring is 2. The third-order valence-electron chi connectivity index (χ3n) is 6.36. The summed E-state index contributed by atoms with van der Waals surface area (Å²) in [5.74, 6) is -0.669. The molecule has 0 unspecified atom stereocenters. The van der Waals surface area contributed by atoms with Crippen LogP contribution < -0.4 is 22.9 Å². The molecule has 5 aromatic rings. The van der Waals surface area contributed by atoms with Gasteiger partial charge in [0.25, 0.3) is 0 Å². The van der Waals surface area contributed by atoms with Crippen molar-refractivity contribution in [2.75, 3.05) is 11.5 Å². The molecule has 0 bridgehead atoms. The Kier molecular flexibility index (Phi) is 8.46. The number of carbonyl (C=O) groups excluding carboxylic acids is 2. The highest BCUT2D eigenvalue weighted by molar-refractivity contribution is 5.97. The van der Waals surface area contributed by atoms with Crippen molar-refractivity contribution in [2.24, 2.45) is 11.5 Å². The molecular weight excluding hydrogens is 500 g/mol. The van der Waals surface area contributed by atoms with Crippen LogP contribution in [0.25, 0.3) is 28.0 Å². The number of phenolic OH excluding ortho intramolecular Hbond substituents is 1. The van der Waals surface area contributed by atoms with Gasteiger partial charge in [-0.15, -0.1) is 0 Å². The lowest BCUT2D eigenvalue weighted by Crippen LogP contribution is -2.13. The Labute approximate surface area is 232 Å². The van der Waals surface area contributed by atoms with E-state index in [1.165, 1.54) is 40.6 Å². The summed E-state index contributed by atoms with van der Waals surface area (Å²) in [6, 6.07) is 31.4. The number of hydrogen-bond donors (Lipinski definition) is 5. The van der Waals surface area contributed by atoms with Gasteiger partial charge in [0.1, 0.15) is 5.75 Å². The number of benzene rings is 5. The number of allylic oxidation sites excluding steroid dienone is 1. The van der Waals surface area contributed by atoms with E-state index in [4.69, 9.17) is 22.9 Å². The molecule has 9 N–H and O–H groups in total. The van der Waals surface area contributed by atoms with Crippen molar-refractivity contribution in [1.82, 2.24) is 0 Å². The summed E-state index contributed by atoms with van der Waals surface area (Å²) in [4.78, 5) is 21.2. The molecule has 0 radical (unpaired) electrons. The third-order valence-corrected chi connectivity index (χ3v) is 6.36. The Hall–Kier alpha value is -5.56. The number of primary amides is 2. The van der Waals surface area contributed by atoms with Gasteiger partial charge in [0, 0.05) is 28.1 Å². The lowest BCUT2D eigenvalue weighted by molar-refractivity contribution is 0.0988. The Morgan fingerprint density at radius 2 is 1.27 bits per heavy atom. The molecule has 7 nitrogen and oxygen atoms in total. The molecular formula is C33H30N4O3. The molecule has 5 aromatic carbocycles. The molecule has 0 atom stereocenters. The normalized spacial score (nSPS) is 11.0. The molecule has 7 heteroatoms. The van der Waals surface area contributed by atoms with Crippen LogP contribution in [-0.4, -0.2) is 16.9 Å². The second-order valence-corrected chi connectivity index (χ2v) is 9.17. The van der Waals surface area contributed by atoms with E-state index in [0.29, 0.717) is 16.9 Å². The number of anilines is 2. The van der Waals surface area contributed by atoms with E-state index < -0.39 is 11.8 Å². The number of aromatic hydroxyl groups is 1. The quantitative estimate of drug-likeness (QED) is 0.194. The molecule has 1 aliphatic carbocycles. The molecule has 1 aliphatic rings. The number of carbonyl (C=O) groups is 2. The van der Waals surface area contributed by atoms with Crippen LogP contribution in [0.15, 0.2) is 109 Å². The SMILES string of the molecule is NC(=O)c1ccc(C(N)=O)cc1.Nc1ccc(-c2cccc(N)c2)cc1.Oc1ccc2cccc3c2c1C=CC3. The lowest BCUT2D eigenvalue weighted by atomic mass is 9.93. The Morgan fingerprint density at radius 3 is 1.88 bits per heavy atom. The highest BCUT2D eigenvalue weighted by Crippen LogP contribution is 2.33. The first kappa shape index (κ1) is 27.5. The number of nitrogens with two attached hydrogens (primary N) is 4. The van der Waals surface area contributed by atoms with Crippen molar-refractivity contribution in [2.45, 2.75) is 6.42 Å². The predicted octanol–water partition coefficient (Wildman–Crippen LogP) is 5.52. The number of hydrogen-bond acceptors (Lipinski definition) is 5. The maximum absolute atomic E-state index is 10.6. The van der Waals surface area contributed by atoms with Crippen LogP contribution in [0.3, 0.4) is 0 Å². The van der Waals surface area contributed by atoms with Gasteiger partial charge in [-0.05, 0) is 88.5 Å². The van der Waals surface area contributed by atoms with Crippen molar-refractivity contribution in [1.29, 1.82) is 0 Å². The first-order valence-corrected chi connectivity index (χ1v) is 12.5. The van der Waals surface area contributed by atoms with Crippen molar-refractivity contribution in [3.63, 3.8) is 0 Å². The molecule has 0 heterocycles. The zero-order valence-corrected chi connectivity index (χ0v) is 21.7. The van der Waals surface area contributed by atoms with Gasteiger partial charge in [-0.25, -0.2) is 0 Å². The highest BCUT2D eigenvalue weighted by Gasteiger charge is 2.10. The van der Waals surface area contributed by atoms with Crippen LogP contribution in [0, 0.1) is 0 Å². The first-order chi connectivity index (χ1) is 19.2. The Morgan fingerprint density at radius 1 is 0.650 bits per heavy atom. The van der Waals surface area contributed by atoms with Crippen LogP contribution in [0.2, 0.25) is 0 Å². The van der Waals surface area contributed by atoms with E-state index in [9.17, 15) is 14.7 Å². The minimum absolute atomic E-state index is 0.361. The van der Waals surface area contributed by atoms with Crippen LogP contribution in [-0.2, 0) is 6.42 Å². The topological polar surface area (TPSA) is 158 Å². The van der Waals surface area contributed by atoms with Crippen LogP contribution in [0.1, 0.15) is 31.8 Å². The van der Waals surface area contributed by atoms with Crippen LogP contribution in [0.5, 0.6) is 5.75 Å². The summed E-state index contributed by atoms with van der Waals surface area (Å²) < 4.78 is 0. The van der Waals surface area contributed by atoms with E-state index in [1.54, 1.807) is 6.07 Å². The lowest BCUT2D eigenvalue weighted by Gasteiger charge is -2.13. The van der Waals surface area contributed by atoms with Crippen LogP contribution >= 0.6 is 0 Å². The summed E-state index contributed by atoms with van der Waals surface area (Å²) in [5, 5.41) is 12.1. The fraction of sp³-hybridized carbons (Fsp3) is 0.0303. The zero-order chi connectivity index (χ0) is 28.6. The van der Waals surface area contributed by atoms with Gasteiger partial charge in [-0.2, -0.15) is 0 Å². The second kappa shape index (κ2) is 12.3. The molecule has 0 aliphatic heterocycles. The van der Waals surface area contributed by atoms with E-state index in [1.807, 2.05) is 60.7 Å². The molecule has 0 fully saturated rings. The highest BCUT2D eigenvalue weighted by atomic mass is 16.3. The summed E-state index contributed by atoms with van der Waals surface area (Å²) in [5.41, 5.74) is 28.1. The molecule has 0 spiro atoms. The summed E-state index contributed by atoms with van der Waals surface area (Å²) in [6.45, 7) is 0. The fourth-order valence-corrected chi connectivity index (χ4v) is 4.31. The van der Waals surface area contributed by atoms with E-state index in [2.05, 4.69) is 24.3 Å². The summed E-state index contributed by atoms with van der Waals surface area (Å²) in [6.07, 6.45) is 5.06. The molecule has 0 saturated carbocycles. The Bertz CT molecular complexity index is 1660. The molecule has 0 aromatic heterocycles. The maximum atomic E-state index is 10.6. The average Bonchev–Trinajstić information content (AvgIpc) is 2.96. The van der Waals surface area contributed by atoms with Crippen LogP contribution in [0.4, 0.5) is 11.4 Å². The van der Waals surface area contributed by atoms with Crippen molar-refractivity contribution >= 4 is 40.0 Å². The van der Waals surface area contributed by atoms with Gasteiger partial charge in [0.2, 0.25) is 11.8 Å². The molecule has 2 amide bonds. The maximum Gasteiger partial charge on any atom is 0.248 e. The minimum Gasteiger partial charge on any atom is -0.507 e. The zero-order valence-electron chi connectivity index (χ0n) is 21.7. The summed E-state index contributed by atoms with van der Waals surface area (Å²) in [7, 11) is 0. The van der Waals surface area contributed by atoms with Gasteiger partial charge in [-0.3, -0.25) is 9.59 Å². The standard InChI is InChI=1S/C13H10O.C12H12N2.C8H8N2O2/c14-12-8-7-10-4-1-3-9-5-2-6-11(12)13(9)10;13-11-6-4-9(5-7-11)10-2-1-3-12(14)8-10;9-7(11)5-1-2-6(4-3-5)8(10)12/h1-4,6-8,14H,5H2;1-8H,13-14H2;1-4H,(H2,9,11)(H2,10,12). The number of phenols is 1. The van der Waals surface area contributed by atoms with Gasteiger partial charge in [0.15, 0.2) is 0 Å².